The number of aliphatic hydroxyl groups excluding tert-OH is 1. The van der Waals surface area contributed by atoms with E-state index in [2.05, 4.69) is 16.5 Å². The van der Waals surface area contributed by atoms with Gasteiger partial charge in [-0.25, -0.2) is 9.78 Å². The highest BCUT2D eigenvalue weighted by Crippen LogP contribution is 2.42. The van der Waals surface area contributed by atoms with Crippen molar-refractivity contribution in [2.45, 2.75) is 38.1 Å². The highest BCUT2D eigenvalue weighted by Gasteiger charge is 2.31. The van der Waals surface area contributed by atoms with Crippen molar-refractivity contribution in [3.05, 3.63) is 29.6 Å². The standard InChI is InChI=1S/C15H18N2O3/c1-9(6-7-18)17-13-5-4-11(15(19)20)8-12(13)16-14(17)10-2-3-10/h4-5,8-10,18H,2-3,6-7H2,1H3,(H,19,20). The second-order valence-electron chi connectivity index (χ2n) is 5.48. The number of benzene rings is 1. The summed E-state index contributed by atoms with van der Waals surface area (Å²) in [7, 11) is 0. The first kappa shape index (κ1) is 13.1. The van der Waals surface area contributed by atoms with Gasteiger partial charge in [0.1, 0.15) is 5.82 Å². The van der Waals surface area contributed by atoms with Gasteiger partial charge in [0.25, 0.3) is 0 Å². The zero-order valence-electron chi connectivity index (χ0n) is 11.4. The first-order valence-electron chi connectivity index (χ1n) is 6.98. The SMILES string of the molecule is CC(CCO)n1c(C2CC2)nc2cc(C(=O)O)ccc21. The third kappa shape index (κ3) is 2.18. The summed E-state index contributed by atoms with van der Waals surface area (Å²) in [5, 5.41) is 18.2. The molecule has 1 fully saturated rings. The molecule has 1 saturated carbocycles. The maximum atomic E-state index is 11.1. The van der Waals surface area contributed by atoms with Crippen LogP contribution < -0.4 is 0 Å². The predicted molar refractivity (Wildman–Crippen MR) is 75.1 cm³/mol. The number of rotatable bonds is 5. The molecule has 2 N–H and O–H groups in total. The molecule has 1 aromatic carbocycles. The molecule has 1 atom stereocenters. The van der Waals surface area contributed by atoms with Gasteiger partial charge in [-0.2, -0.15) is 0 Å². The number of carbonyl (C=O) groups is 1. The van der Waals surface area contributed by atoms with Gasteiger partial charge in [-0.1, -0.05) is 0 Å². The van der Waals surface area contributed by atoms with Crippen molar-refractivity contribution in [1.29, 1.82) is 0 Å². The van der Waals surface area contributed by atoms with Crippen molar-refractivity contribution >= 4 is 17.0 Å². The molecule has 1 aliphatic rings. The zero-order valence-corrected chi connectivity index (χ0v) is 11.4. The van der Waals surface area contributed by atoms with Crippen LogP contribution in [-0.2, 0) is 0 Å². The van der Waals surface area contributed by atoms with Crippen LogP contribution >= 0.6 is 0 Å². The fourth-order valence-corrected chi connectivity index (χ4v) is 2.66. The van der Waals surface area contributed by atoms with Gasteiger partial charge in [0, 0.05) is 18.6 Å². The molecule has 106 valence electrons. The lowest BCUT2D eigenvalue weighted by Gasteiger charge is -2.16. The van der Waals surface area contributed by atoms with Gasteiger partial charge in [0.15, 0.2) is 0 Å². The van der Waals surface area contributed by atoms with Gasteiger partial charge < -0.3 is 14.8 Å². The molecule has 1 heterocycles. The van der Waals surface area contributed by atoms with Gasteiger partial charge in [-0.05, 0) is 44.4 Å². The maximum Gasteiger partial charge on any atom is 0.335 e. The minimum atomic E-state index is -0.933. The van der Waals surface area contributed by atoms with Gasteiger partial charge in [0.05, 0.1) is 16.6 Å². The van der Waals surface area contributed by atoms with Crippen LogP contribution in [0.25, 0.3) is 11.0 Å². The van der Waals surface area contributed by atoms with Crippen molar-refractivity contribution in [3.63, 3.8) is 0 Å². The number of fused-ring (bicyclic) bond motifs is 1. The Morgan fingerprint density at radius 1 is 1.50 bits per heavy atom. The van der Waals surface area contributed by atoms with Gasteiger partial charge in [-0.3, -0.25) is 0 Å². The van der Waals surface area contributed by atoms with Crippen LogP contribution in [0.1, 0.15) is 54.3 Å². The summed E-state index contributed by atoms with van der Waals surface area (Å²) in [5.74, 6) is 0.582. The molecule has 0 aliphatic heterocycles. The number of hydrogen-bond acceptors (Lipinski definition) is 3. The van der Waals surface area contributed by atoms with E-state index >= 15 is 0 Å². The van der Waals surface area contributed by atoms with Crippen molar-refractivity contribution in [2.24, 2.45) is 0 Å². The van der Waals surface area contributed by atoms with E-state index in [0.717, 1.165) is 29.7 Å². The topological polar surface area (TPSA) is 75.3 Å². The zero-order chi connectivity index (χ0) is 14.3. The summed E-state index contributed by atoms with van der Waals surface area (Å²) in [5.41, 5.74) is 1.95. The predicted octanol–water partition coefficient (Wildman–Crippen LogP) is 2.56. The van der Waals surface area contributed by atoms with Crippen LogP contribution in [-0.4, -0.2) is 32.3 Å². The molecule has 0 radical (unpaired) electrons. The summed E-state index contributed by atoms with van der Waals surface area (Å²) in [4.78, 5) is 15.7. The van der Waals surface area contributed by atoms with E-state index in [1.54, 1.807) is 12.1 Å². The average molecular weight is 274 g/mol. The van der Waals surface area contributed by atoms with Gasteiger partial charge >= 0.3 is 5.97 Å². The fraction of sp³-hybridized carbons (Fsp3) is 0.467. The number of carboxylic acid groups (broad SMARTS) is 1. The lowest BCUT2D eigenvalue weighted by atomic mass is 10.2. The Balaban J connectivity index is 2.14. The van der Waals surface area contributed by atoms with E-state index in [-0.39, 0.29) is 18.2 Å². The molecule has 0 amide bonds. The molecule has 0 bridgehead atoms. The fourth-order valence-electron chi connectivity index (χ4n) is 2.66. The molecule has 2 aromatic rings. The number of aromatic nitrogens is 2. The normalized spacial score (nSPS) is 16.5. The molecule has 3 rings (SSSR count). The molecule has 0 spiro atoms. The lowest BCUT2D eigenvalue weighted by Crippen LogP contribution is -2.10. The molecular formula is C15H18N2O3. The quantitative estimate of drug-likeness (QED) is 0.878. The van der Waals surface area contributed by atoms with E-state index in [1.165, 1.54) is 0 Å². The molecule has 0 saturated heterocycles. The van der Waals surface area contributed by atoms with Crippen LogP contribution in [0.4, 0.5) is 0 Å². The maximum absolute atomic E-state index is 11.1. The summed E-state index contributed by atoms with van der Waals surface area (Å²) < 4.78 is 2.16. The van der Waals surface area contributed by atoms with E-state index in [4.69, 9.17) is 10.2 Å². The van der Waals surface area contributed by atoms with Crippen molar-refractivity contribution < 1.29 is 15.0 Å². The van der Waals surface area contributed by atoms with Crippen LogP contribution in [0.5, 0.6) is 0 Å². The molecule has 20 heavy (non-hydrogen) atoms. The molecule has 5 nitrogen and oxygen atoms in total. The highest BCUT2D eigenvalue weighted by atomic mass is 16.4. The number of aliphatic hydroxyl groups is 1. The molecule has 5 heteroatoms. The lowest BCUT2D eigenvalue weighted by molar-refractivity contribution is 0.0697. The first-order chi connectivity index (χ1) is 9.61. The van der Waals surface area contributed by atoms with Crippen LogP contribution in [0.2, 0.25) is 0 Å². The van der Waals surface area contributed by atoms with E-state index in [0.29, 0.717) is 12.3 Å². The van der Waals surface area contributed by atoms with E-state index in [1.807, 2.05) is 6.07 Å². The first-order valence-corrected chi connectivity index (χ1v) is 6.98. The smallest absolute Gasteiger partial charge is 0.335 e. The van der Waals surface area contributed by atoms with Gasteiger partial charge in [0.2, 0.25) is 0 Å². The molecular weight excluding hydrogens is 256 g/mol. The summed E-state index contributed by atoms with van der Waals surface area (Å²) in [6.45, 7) is 2.20. The Hall–Kier alpha value is -1.88. The third-order valence-corrected chi connectivity index (χ3v) is 3.89. The van der Waals surface area contributed by atoms with Gasteiger partial charge in [-0.15, -0.1) is 0 Å². The number of hydrogen-bond donors (Lipinski definition) is 2. The molecule has 1 aliphatic carbocycles. The van der Waals surface area contributed by atoms with E-state index in [9.17, 15) is 4.79 Å². The Labute approximate surface area is 116 Å². The Morgan fingerprint density at radius 2 is 2.25 bits per heavy atom. The largest absolute Gasteiger partial charge is 0.478 e. The summed E-state index contributed by atoms with van der Waals surface area (Å²) in [6, 6.07) is 5.24. The Morgan fingerprint density at radius 3 is 2.85 bits per heavy atom. The highest BCUT2D eigenvalue weighted by molar-refractivity contribution is 5.92. The monoisotopic (exact) mass is 274 g/mol. The van der Waals surface area contributed by atoms with Crippen molar-refractivity contribution in [1.82, 2.24) is 9.55 Å². The van der Waals surface area contributed by atoms with Crippen molar-refractivity contribution in [2.75, 3.05) is 6.61 Å². The van der Waals surface area contributed by atoms with Crippen LogP contribution in [0.3, 0.4) is 0 Å². The number of imidazole rings is 1. The number of nitrogens with zero attached hydrogens (tertiary/aromatic N) is 2. The van der Waals surface area contributed by atoms with Crippen LogP contribution in [0.15, 0.2) is 18.2 Å². The Kier molecular flexibility index (Phi) is 3.22. The third-order valence-electron chi connectivity index (χ3n) is 3.89. The molecule has 1 unspecified atom stereocenters. The minimum absolute atomic E-state index is 0.137. The summed E-state index contributed by atoms with van der Waals surface area (Å²) >= 11 is 0. The van der Waals surface area contributed by atoms with Crippen molar-refractivity contribution in [3.8, 4) is 0 Å². The number of carboxylic acids is 1. The second-order valence-corrected chi connectivity index (χ2v) is 5.48. The van der Waals surface area contributed by atoms with E-state index < -0.39 is 5.97 Å². The number of aromatic carboxylic acids is 1. The summed E-state index contributed by atoms with van der Waals surface area (Å²) in [6.07, 6.45) is 2.95. The minimum Gasteiger partial charge on any atom is -0.478 e. The second kappa shape index (κ2) is 4.90. The van der Waals surface area contributed by atoms with Crippen LogP contribution in [0, 0.1) is 0 Å². The molecule has 1 aromatic heterocycles. The average Bonchev–Trinajstić information content (AvgIpc) is 3.18. The Bertz CT molecular complexity index is 658.